The predicted octanol–water partition coefficient (Wildman–Crippen LogP) is 1.60. The Morgan fingerprint density at radius 1 is 1.50 bits per heavy atom. The van der Waals surface area contributed by atoms with E-state index in [1.807, 2.05) is 6.92 Å². The van der Waals surface area contributed by atoms with Crippen LogP contribution in [0.25, 0.3) is 0 Å². The molecule has 0 saturated heterocycles. The van der Waals surface area contributed by atoms with Crippen LogP contribution in [0.2, 0.25) is 0 Å². The number of anilines is 1. The van der Waals surface area contributed by atoms with Gasteiger partial charge in [-0.25, -0.2) is 9.97 Å². The molecule has 1 heterocycles. The van der Waals surface area contributed by atoms with E-state index in [9.17, 15) is 0 Å². The highest BCUT2D eigenvalue weighted by Crippen LogP contribution is 2.00. The molecule has 0 aliphatic heterocycles. The van der Waals surface area contributed by atoms with Gasteiger partial charge in [0.05, 0.1) is 0 Å². The lowest BCUT2D eigenvalue weighted by molar-refractivity contribution is 1.05. The fourth-order valence-electron chi connectivity index (χ4n) is 0.586. The molecule has 1 N–H and O–H groups in total. The minimum Gasteiger partial charge on any atom is -0.266 e. The van der Waals surface area contributed by atoms with Crippen LogP contribution in [0.4, 0.5) is 5.95 Å². The van der Waals surface area contributed by atoms with Crippen molar-refractivity contribution in [1.82, 2.24) is 9.97 Å². The van der Waals surface area contributed by atoms with Crippen LogP contribution < -0.4 is 4.84 Å². The van der Waals surface area contributed by atoms with Crippen molar-refractivity contribution >= 4 is 17.7 Å². The molecule has 0 fully saturated rings. The van der Waals surface area contributed by atoms with Crippen molar-refractivity contribution in [2.45, 2.75) is 13.3 Å². The van der Waals surface area contributed by atoms with Crippen molar-refractivity contribution < 1.29 is 0 Å². The smallest absolute Gasteiger partial charge is 0.237 e. The summed E-state index contributed by atoms with van der Waals surface area (Å²) in [5.41, 5.74) is 1.11. The van der Waals surface area contributed by atoms with Gasteiger partial charge < -0.3 is 0 Å². The van der Waals surface area contributed by atoms with Crippen LogP contribution in [-0.2, 0) is 6.42 Å². The number of rotatable bonds is 2. The van der Waals surface area contributed by atoms with E-state index in [4.69, 9.17) is 11.8 Å². The maximum atomic E-state index is 5.25. The van der Waals surface area contributed by atoms with Crippen LogP contribution in [0.5, 0.6) is 0 Å². The molecule has 0 unspecified atom stereocenters. The molecule has 0 saturated carbocycles. The summed E-state index contributed by atoms with van der Waals surface area (Å²) in [7, 11) is 0. The molecule has 54 valence electrons. The van der Waals surface area contributed by atoms with Crippen molar-refractivity contribution in [3.05, 3.63) is 18.0 Å². The van der Waals surface area contributed by atoms with Crippen LogP contribution >= 0.6 is 11.8 Å². The summed E-state index contributed by atoms with van der Waals surface area (Å²) in [6.45, 7) is 2.05. The molecule has 1 aromatic rings. The third kappa shape index (κ3) is 1.57. The molecule has 3 nitrogen and oxygen atoms in total. The normalized spacial score (nSPS) is 9.40. The Hall–Kier alpha value is -0.830. The van der Waals surface area contributed by atoms with Gasteiger partial charge in [0.15, 0.2) is 0 Å². The van der Waals surface area contributed by atoms with E-state index in [1.165, 1.54) is 0 Å². The van der Waals surface area contributed by atoms with E-state index in [0.717, 1.165) is 12.0 Å². The second-order valence-corrected chi connectivity index (χ2v) is 2.05. The Kier molecular flexibility index (Phi) is 2.45. The molecule has 0 aliphatic rings. The zero-order valence-corrected chi connectivity index (χ0v) is 6.39. The van der Waals surface area contributed by atoms with Crippen molar-refractivity contribution in [1.29, 1.82) is 0 Å². The molecule has 0 bridgehead atoms. The lowest BCUT2D eigenvalue weighted by Gasteiger charge is -1.95. The molecule has 0 amide bonds. The topological polar surface area (TPSA) is 37.8 Å². The highest BCUT2D eigenvalue weighted by Gasteiger charge is 1.91. The number of aromatic nitrogens is 2. The standard InChI is InChI=1S/C6H8ClN3/c1-2-5-3-8-6(10-7)9-4-5/h3-4H,2H2,1H3,(H,8,9,10). The van der Waals surface area contributed by atoms with Crippen molar-refractivity contribution in [2.75, 3.05) is 4.84 Å². The van der Waals surface area contributed by atoms with Gasteiger partial charge in [0, 0.05) is 24.2 Å². The highest BCUT2D eigenvalue weighted by molar-refractivity contribution is 6.23. The van der Waals surface area contributed by atoms with E-state index in [0.29, 0.717) is 5.95 Å². The Balaban J connectivity index is 2.80. The van der Waals surface area contributed by atoms with Gasteiger partial charge in [-0.3, -0.25) is 4.84 Å². The molecule has 4 heteroatoms. The fraction of sp³-hybridized carbons (Fsp3) is 0.333. The van der Waals surface area contributed by atoms with Crippen LogP contribution in [0.1, 0.15) is 12.5 Å². The molecule has 0 radical (unpaired) electrons. The molecule has 1 aromatic heterocycles. The minimum atomic E-state index is 0.443. The molecular formula is C6H8ClN3. The van der Waals surface area contributed by atoms with E-state index in [-0.39, 0.29) is 0 Å². The summed E-state index contributed by atoms with van der Waals surface area (Å²) >= 11 is 5.25. The lowest BCUT2D eigenvalue weighted by atomic mass is 10.3. The molecule has 1 rings (SSSR count). The second kappa shape index (κ2) is 3.37. The van der Waals surface area contributed by atoms with Crippen molar-refractivity contribution in [2.24, 2.45) is 0 Å². The molecule has 0 aliphatic carbocycles. The predicted molar refractivity (Wildman–Crippen MR) is 40.9 cm³/mol. The summed E-state index contributed by atoms with van der Waals surface area (Å²) in [5, 5.41) is 0. The first-order valence-corrected chi connectivity index (χ1v) is 3.42. The Morgan fingerprint density at radius 2 is 2.10 bits per heavy atom. The van der Waals surface area contributed by atoms with Gasteiger partial charge >= 0.3 is 0 Å². The van der Waals surface area contributed by atoms with Gasteiger partial charge in [-0.2, -0.15) is 0 Å². The van der Waals surface area contributed by atoms with E-state index < -0.39 is 0 Å². The third-order valence-electron chi connectivity index (χ3n) is 1.20. The molecule has 0 spiro atoms. The van der Waals surface area contributed by atoms with Gasteiger partial charge in [-0.1, -0.05) is 6.92 Å². The quantitative estimate of drug-likeness (QED) is 0.663. The zero-order valence-electron chi connectivity index (χ0n) is 5.63. The maximum absolute atomic E-state index is 5.25. The molecule has 0 atom stereocenters. The first-order valence-electron chi connectivity index (χ1n) is 3.04. The molecule has 0 aromatic carbocycles. The van der Waals surface area contributed by atoms with E-state index in [2.05, 4.69) is 14.8 Å². The fourth-order valence-corrected chi connectivity index (χ4v) is 0.684. The summed E-state index contributed by atoms with van der Waals surface area (Å²) in [5.74, 6) is 0.443. The lowest BCUT2D eigenvalue weighted by Crippen LogP contribution is -1.91. The highest BCUT2D eigenvalue weighted by atomic mass is 35.5. The van der Waals surface area contributed by atoms with Gasteiger partial charge in [-0.05, 0) is 12.0 Å². The van der Waals surface area contributed by atoms with E-state index >= 15 is 0 Å². The van der Waals surface area contributed by atoms with E-state index in [1.54, 1.807) is 12.4 Å². The van der Waals surface area contributed by atoms with Crippen molar-refractivity contribution in [3.63, 3.8) is 0 Å². The monoisotopic (exact) mass is 157 g/mol. The van der Waals surface area contributed by atoms with Crippen LogP contribution in [0.3, 0.4) is 0 Å². The first-order chi connectivity index (χ1) is 4.86. The SMILES string of the molecule is CCc1cnc(NCl)nc1. The molecule has 10 heavy (non-hydrogen) atoms. The average molecular weight is 158 g/mol. The number of aryl methyl sites for hydroxylation is 1. The zero-order chi connectivity index (χ0) is 7.40. The van der Waals surface area contributed by atoms with Crippen LogP contribution in [0, 0.1) is 0 Å². The van der Waals surface area contributed by atoms with Crippen LogP contribution in [-0.4, -0.2) is 9.97 Å². The number of nitrogens with zero attached hydrogens (tertiary/aromatic N) is 2. The van der Waals surface area contributed by atoms with Crippen LogP contribution in [0.15, 0.2) is 12.4 Å². The third-order valence-corrected chi connectivity index (χ3v) is 1.37. The summed E-state index contributed by atoms with van der Waals surface area (Å²) in [6, 6.07) is 0. The Morgan fingerprint density at radius 3 is 2.50 bits per heavy atom. The summed E-state index contributed by atoms with van der Waals surface area (Å²) < 4.78 is 0. The Labute approximate surface area is 64.6 Å². The summed E-state index contributed by atoms with van der Waals surface area (Å²) in [6.07, 6.45) is 4.44. The van der Waals surface area contributed by atoms with Gasteiger partial charge in [0.2, 0.25) is 5.95 Å². The maximum Gasteiger partial charge on any atom is 0.237 e. The van der Waals surface area contributed by atoms with Gasteiger partial charge in [0.25, 0.3) is 0 Å². The summed E-state index contributed by atoms with van der Waals surface area (Å²) in [4.78, 5) is 10.2. The Bertz CT molecular complexity index is 174. The number of nitrogens with one attached hydrogen (secondary N) is 1. The average Bonchev–Trinajstić information content (AvgIpc) is 2.05. The van der Waals surface area contributed by atoms with Crippen molar-refractivity contribution in [3.8, 4) is 0 Å². The largest absolute Gasteiger partial charge is 0.266 e. The van der Waals surface area contributed by atoms with Gasteiger partial charge in [-0.15, -0.1) is 0 Å². The van der Waals surface area contributed by atoms with Gasteiger partial charge in [0.1, 0.15) is 0 Å². The first kappa shape index (κ1) is 7.28. The molecular weight excluding hydrogens is 150 g/mol. The second-order valence-electron chi connectivity index (χ2n) is 1.86. The minimum absolute atomic E-state index is 0.443. The number of hydrogen-bond acceptors (Lipinski definition) is 3. The number of halogens is 1. The number of hydrogen-bond donors (Lipinski definition) is 1.